The lowest BCUT2D eigenvalue weighted by Gasteiger charge is -2.24. The SMILES string of the molecule is CC(C)(C)OC(=O)N1CC[C@@H](COc2ccnc(Cl)n2)C1. The summed E-state index contributed by atoms with van der Waals surface area (Å²) in [6, 6.07) is 1.66. The second-order valence-electron chi connectivity index (χ2n) is 6.06. The molecule has 1 amide bonds. The molecular formula is C14H20ClN3O3. The number of carbonyl (C=O) groups excluding carboxylic acids is 1. The van der Waals surface area contributed by atoms with Crippen LogP contribution in [-0.4, -0.2) is 46.3 Å². The van der Waals surface area contributed by atoms with Crippen LogP contribution in [0, 0.1) is 5.92 Å². The number of amides is 1. The fraction of sp³-hybridized carbons (Fsp3) is 0.643. The second kappa shape index (κ2) is 6.47. The normalized spacial score (nSPS) is 18.7. The molecule has 0 N–H and O–H groups in total. The van der Waals surface area contributed by atoms with Crippen molar-refractivity contribution in [2.24, 2.45) is 5.92 Å². The van der Waals surface area contributed by atoms with E-state index in [-0.39, 0.29) is 17.3 Å². The van der Waals surface area contributed by atoms with Crippen LogP contribution in [0.3, 0.4) is 0 Å². The number of nitrogens with zero attached hydrogens (tertiary/aromatic N) is 3. The number of likely N-dealkylation sites (tertiary alicyclic amines) is 1. The highest BCUT2D eigenvalue weighted by Crippen LogP contribution is 2.20. The fourth-order valence-electron chi connectivity index (χ4n) is 2.06. The Morgan fingerprint density at radius 2 is 2.29 bits per heavy atom. The van der Waals surface area contributed by atoms with Gasteiger partial charge in [-0.15, -0.1) is 0 Å². The number of aromatic nitrogens is 2. The predicted octanol–water partition coefficient (Wildman–Crippen LogP) is 2.77. The maximum absolute atomic E-state index is 12.0. The van der Waals surface area contributed by atoms with Crippen molar-refractivity contribution in [3.8, 4) is 5.88 Å². The number of halogens is 1. The molecule has 1 aliphatic heterocycles. The minimum Gasteiger partial charge on any atom is -0.477 e. The van der Waals surface area contributed by atoms with Gasteiger partial charge in [0.2, 0.25) is 11.2 Å². The third-order valence-corrected chi connectivity index (χ3v) is 3.19. The Morgan fingerprint density at radius 3 is 2.95 bits per heavy atom. The van der Waals surface area contributed by atoms with Crippen molar-refractivity contribution in [2.45, 2.75) is 32.8 Å². The number of hydrogen-bond donors (Lipinski definition) is 0. The molecule has 6 nitrogen and oxygen atoms in total. The molecule has 1 aromatic rings. The van der Waals surface area contributed by atoms with Gasteiger partial charge in [0.15, 0.2) is 0 Å². The molecule has 0 unspecified atom stereocenters. The first-order chi connectivity index (χ1) is 9.83. The Labute approximate surface area is 129 Å². The molecule has 0 aromatic carbocycles. The first-order valence-electron chi connectivity index (χ1n) is 6.93. The highest BCUT2D eigenvalue weighted by molar-refractivity contribution is 6.28. The maximum Gasteiger partial charge on any atom is 0.410 e. The van der Waals surface area contributed by atoms with Crippen molar-refractivity contribution in [2.75, 3.05) is 19.7 Å². The van der Waals surface area contributed by atoms with Crippen molar-refractivity contribution in [1.82, 2.24) is 14.9 Å². The first kappa shape index (κ1) is 15.8. The summed E-state index contributed by atoms with van der Waals surface area (Å²) in [5, 5.41) is 0.161. The van der Waals surface area contributed by atoms with E-state index in [1.165, 1.54) is 0 Å². The molecule has 1 aromatic heterocycles. The molecule has 0 radical (unpaired) electrons. The standard InChI is InChI=1S/C14H20ClN3O3/c1-14(2,3)21-13(19)18-7-5-10(8-18)9-20-11-4-6-16-12(15)17-11/h4,6,10H,5,7-9H2,1-3H3/t10-/m1/s1. The minimum atomic E-state index is -0.469. The molecule has 1 saturated heterocycles. The summed E-state index contributed by atoms with van der Waals surface area (Å²) in [6.07, 6.45) is 2.17. The lowest BCUT2D eigenvalue weighted by molar-refractivity contribution is 0.0284. The van der Waals surface area contributed by atoms with Crippen LogP contribution in [0.25, 0.3) is 0 Å². The van der Waals surface area contributed by atoms with Crippen molar-refractivity contribution in [3.05, 3.63) is 17.5 Å². The summed E-state index contributed by atoms with van der Waals surface area (Å²) in [7, 11) is 0. The van der Waals surface area contributed by atoms with Crippen LogP contribution in [0.2, 0.25) is 5.28 Å². The van der Waals surface area contributed by atoms with Crippen LogP contribution in [-0.2, 0) is 4.74 Å². The van der Waals surface area contributed by atoms with E-state index in [1.54, 1.807) is 17.2 Å². The first-order valence-corrected chi connectivity index (χ1v) is 7.30. The van der Waals surface area contributed by atoms with E-state index in [0.29, 0.717) is 25.6 Å². The molecule has 2 heterocycles. The Balaban J connectivity index is 1.79. The minimum absolute atomic E-state index is 0.161. The van der Waals surface area contributed by atoms with E-state index in [4.69, 9.17) is 21.1 Å². The molecule has 7 heteroatoms. The molecule has 0 bridgehead atoms. The van der Waals surface area contributed by atoms with Crippen molar-refractivity contribution in [3.63, 3.8) is 0 Å². The molecule has 0 aliphatic carbocycles. The summed E-state index contributed by atoms with van der Waals surface area (Å²) in [6.45, 7) is 7.40. The quantitative estimate of drug-likeness (QED) is 0.803. The smallest absolute Gasteiger partial charge is 0.410 e. The van der Waals surface area contributed by atoms with E-state index in [0.717, 1.165) is 6.42 Å². The third kappa shape index (κ3) is 5.04. The summed E-state index contributed by atoms with van der Waals surface area (Å²) < 4.78 is 10.9. The molecule has 21 heavy (non-hydrogen) atoms. The molecule has 1 aliphatic rings. The summed E-state index contributed by atoms with van der Waals surface area (Å²) in [5.41, 5.74) is -0.469. The van der Waals surface area contributed by atoms with Crippen LogP contribution < -0.4 is 4.74 Å². The van der Waals surface area contributed by atoms with Crippen LogP contribution in [0.1, 0.15) is 27.2 Å². The molecule has 1 atom stereocenters. The van der Waals surface area contributed by atoms with Crippen molar-refractivity contribution in [1.29, 1.82) is 0 Å². The van der Waals surface area contributed by atoms with Gasteiger partial charge in [-0.2, -0.15) is 4.98 Å². The molecule has 0 spiro atoms. The number of carbonyl (C=O) groups is 1. The Hall–Kier alpha value is -1.56. The highest BCUT2D eigenvalue weighted by atomic mass is 35.5. The van der Waals surface area contributed by atoms with Crippen LogP contribution in [0.4, 0.5) is 4.79 Å². The number of rotatable bonds is 3. The van der Waals surface area contributed by atoms with Gasteiger partial charge in [0.1, 0.15) is 5.60 Å². The van der Waals surface area contributed by atoms with E-state index < -0.39 is 5.60 Å². The zero-order valence-electron chi connectivity index (χ0n) is 12.5. The zero-order valence-corrected chi connectivity index (χ0v) is 13.3. The fourth-order valence-corrected chi connectivity index (χ4v) is 2.20. The van der Waals surface area contributed by atoms with Crippen LogP contribution in [0.15, 0.2) is 12.3 Å². The Bertz CT molecular complexity index is 504. The summed E-state index contributed by atoms with van der Waals surface area (Å²) >= 11 is 5.69. The maximum atomic E-state index is 12.0. The lowest BCUT2D eigenvalue weighted by atomic mass is 10.1. The van der Waals surface area contributed by atoms with E-state index in [2.05, 4.69) is 9.97 Å². The van der Waals surface area contributed by atoms with E-state index in [1.807, 2.05) is 20.8 Å². The zero-order chi connectivity index (χ0) is 15.5. The van der Waals surface area contributed by atoms with Gasteiger partial charge in [0.25, 0.3) is 0 Å². The molecule has 0 saturated carbocycles. The Kier molecular flexibility index (Phi) is 4.88. The van der Waals surface area contributed by atoms with Crippen molar-refractivity contribution < 1.29 is 14.3 Å². The van der Waals surface area contributed by atoms with Gasteiger partial charge < -0.3 is 14.4 Å². The van der Waals surface area contributed by atoms with Crippen molar-refractivity contribution >= 4 is 17.7 Å². The molecule has 2 rings (SSSR count). The van der Waals surface area contributed by atoms with Gasteiger partial charge in [-0.05, 0) is 38.8 Å². The third-order valence-electron chi connectivity index (χ3n) is 3.01. The highest BCUT2D eigenvalue weighted by Gasteiger charge is 2.30. The topological polar surface area (TPSA) is 64.5 Å². The summed E-state index contributed by atoms with van der Waals surface area (Å²) in [4.78, 5) is 21.4. The summed E-state index contributed by atoms with van der Waals surface area (Å²) in [5.74, 6) is 0.719. The largest absolute Gasteiger partial charge is 0.477 e. The van der Waals surface area contributed by atoms with Gasteiger partial charge in [-0.25, -0.2) is 9.78 Å². The van der Waals surface area contributed by atoms with Gasteiger partial charge >= 0.3 is 6.09 Å². The van der Waals surface area contributed by atoms with Crippen LogP contribution >= 0.6 is 11.6 Å². The Morgan fingerprint density at radius 1 is 1.52 bits per heavy atom. The van der Waals surface area contributed by atoms with Gasteiger partial charge in [0.05, 0.1) is 6.61 Å². The van der Waals surface area contributed by atoms with E-state index in [9.17, 15) is 4.79 Å². The predicted molar refractivity (Wildman–Crippen MR) is 78.5 cm³/mol. The van der Waals surface area contributed by atoms with Crippen LogP contribution in [0.5, 0.6) is 5.88 Å². The number of hydrogen-bond acceptors (Lipinski definition) is 5. The van der Waals surface area contributed by atoms with Gasteiger partial charge in [-0.3, -0.25) is 0 Å². The van der Waals surface area contributed by atoms with Gasteiger partial charge in [-0.1, -0.05) is 0 Å². The monoisotopic (exact) mass is 313 g/mol. The van der Waals surface area contributed by atoms with E-state index >= 15 is 0 Å². The lowest BCUT2D eigenvalue weighted by Crippen LogP contribution is -2.35. The number of ether oxygens (including phenoxy) is 2. The average molecular weight is 314 g/mol. The van der Waals surface area contributed by atoms with Gasteiger partial charge in [0, 0.05) is 31.3 Å². The molecular weight excluding hydrogens is 294 g/mol. The second-order valence-corrected chi connectivity index (χ2v) is 6.39. The molecule has 1 fully saturated rings. The molecule has 116 valence electrons. The average Bonchev–Trinajstić information content (AvgIpc) is 2.83.